The number of esters is 1. The largest absolute Gasteiger partial charge is 0.451 e. The molecule has 128 valence electrons. The van der Waals surface area contributed by atoms with E-state index in [1.165, 1.54) is 0 Å². The van der Waals surface area contributed by atoms with Crippen LogP contribution in [0, 0.1) is 6.92 Å². The fourth-order valence-electron chi connectivity index (χ4n) is 2.59. The normalized spacial score (nSPS) is 10.8. The summed E-state index contributed by atoms with van der Waals surface area (Å²) in [6.45, 7) is 1.88. The van der Waals surface area contributed by atoms with E-state index < -0.39 is 5.97 Å². The van der Waals surface area contributed by atoms with Gasteiger partial charge in [-0.05, 0) is 31.2 Å². The summed E-state index contributed by atoms with van der Waals surface area (Å²) in [5, 5.41) is 8.88. The molecule has 26 heavy (non-hydrogen) atoms. The Morgan fingerprint density at radius 2 is 1.92 bits per heavy atom. The number of aromatic nitrogens is 3. The Balaban J connectivity index is 1.46. The number of carbonyl (C=O) groups is 1. The number of carbonyl (C=O) groups excluding carboxylic acids is 1. The molecule has 6 nitrogen and oxygen atoms in total. The van der Waals surface area contributed by atoms with Gasteiger partial charge in [0.2, 0.25) is 5.89 Å². The quantitative estimate of drug-likeness (QED) is 0.521. The van der Waals surface area contributed by atoms with Gasteiger partial charge in [-0.2, -0.15) is 0 Å². The fraction of sp³-hybridized carbons (Fsp3) is 0.100. The van der Waals surface area contributed by atoms with Crippen molar-refractivity contribution in [3.63, 3.8) is 0 Å². The van der Waals surface area contributed by atoms with Gasteiger partial charge in [0, 0.05) is 10.9 Å². The average Bonchev–Trinajstić information content (AvgIpc) is 3.15. The molecule has 0 spiro atoms. The molecule has 0 atom stereocenters. The zero-order chi connectivity index (χ0) is 17.9. The molecule has 0 aliphatic rings. The Kier molecular flexibility index (Phi) is 4.15. The summed E-state index contributed by atoms with van der Waals surface area (Å²) in [5.41, 5.74) is 2.89. The standard InChI is InChI=1S/C20H15N3O3/c1-13-5-4-7-15(11-13)19-23-22-18(26-19)12-25-20(24)17-10-9-14-6-2-3-8-16(14)21-17/h2-11H,12H2,1H3. The van der Waals surface area contributed by atoms with Crippen LogP contribution < -0.4 is 0 Å². The second-order valence-corrected chi connectivity index (χ2v) is 5.84. The van der Waals surface area contributed by atoms with Crippen molar-refractivity contribution in [2.45, 2.75) is 13.5 Å². The van der Waals surface area contributed by atoms with Gasteiger partial charge in [0.05, 0.1) is 5.52 Å². The lowest BCUT2D eigenvalue weighted by molar-refractivity contribution is 0.0432. The molecular weight excluding hydrogens is 330 g/mol. The van der Waals surface area contributed by atoms with Crippen LogP contribution in [0.3, 0.4) is 0 Å². The molecule has 0 aliphatic carbocycles. The lowest BCUT2D eigenvalue weighted by Gasteiger charge is -2.03. The smallest absolute Gasteiger partial charge is 0.357 e. The first-order valence-electron chi connectivity index (χ1n) is 8.11. The van der Waals surface area contributed by atoms with E-state index in [2.05, 4.69) is 15.2 Å². The highest BCUT2D eigenvalue weighted by Crippen LogP contribution is 2.19. The van der Waals surface area contributed by atoms with Crippen LogP contribution in [0.2, 0.25) is 0 Å². The number of hydrogen-bond donors (Lipinski definition) is 0. The molecule has 6 heteroatoms. The van der Waals surface area contributed by atoms with Crippen molar-refractivity contribution in [1.82, 2.24) is 15.2 Å². The van der Waals surface area contributed by atoms with Crippen LogP contribution in [0.5, 0.6) is 0 Å². The van der Waals surface area contributed by atoms with Gasteiger partial charge in [0.15, 0.2) is 6.61 Å². The topological polar surface area (TPSA) is 78.1 Å². The summed E-state index contributed by atoms with van der Waals surface area (Å²) in [6.07, 6.45) is 0. The van der Waals surface area contributed by atoms with Crippen molar-refractivity contribution in [2.24, 2.45) is 0 Å². The van der Waals surface area contributed by atoms with E-state index in [4.69, 9.17) is 9.15 Å². The summed E-state index contributed by atoms with van der Waals surface area (Å²) in [7, 11) is 0. The molecule has 2 aromatic carbocycles. The molecule has 0 N–H and O–H groups in total. The van der Waals surface area contributed by atoms with Crippen molar-refractivity contribution in [1.29, 1.82) is 0 Å². The average molecular weight is 345 g/mol. The zero-order valence-corrected chi connectivity index (χ0v) is 14.0. The number of pyridine rings is 1. The SMILES string of the molecule is Cc1cccc(-c2nnc(COC(=O)c3ccc4ccccc4n3)o2)c1. The van der Waals surface area contributed by atoms with Crippen molar-refractivity contribution >= 4 is 16.9 Å². The highest BCUT2D eigenvalue weighted by atomic mass is 16.5. The molecule has 0 bridgehead atoms. The predicted octanol–water partition coefficient (Wildman–Crippen LogP) is 3.95. The van der Waals surface area contributed by atoms with Gasteiger partial charge >= 0.3 is 5.97 Å². The fourth-order valence-corrected chi connectivity index (χ4v) is 2.59. The van der Waals surface area contributed by atoms with Crippen LogP contribution in [-0.2, 0) is 11.3 Å². The third-order valence-corrected chi connectivity index (χ3v) is 3.87. The molecule has 2 heterocycles. The van der Waals surface area contributed by atoms with Crippen molar-refractivity contribution < 1.29 is 13.9 Å². The molecule has 0 fully saturated rings. The van der Waals surface area contributed by atoms with Gasteiger partial charge in [-0.3, -0.25) is 0 Å². The Morgan fingerprint density at radius 3 is 2.81 bits per heavy atom. The lowest BCUT2D eigenvalue weighted by atomic mass is 10.1. The van der Waals surface area contributed by atoms with Gasteiger partial charge < -0.3 is 9.15 Å². The van der Waals surface area contributed by atoms with Crippen LogP contribution >= 0.6 is 0 Å². The lowest BCUT2D eigenvalue weighted by Crippen LogP contribution is -2.07. The van der Waals surface area contributed by atoms with Gasteiger partial charge in [0.25, 0.3) is 5.89 Å². The van der Waals surface area contributed by atoms with Crippen molar-refractivity contribution in [3.05, 3.63) is 77.8 Å². The van der Waals surface area contributed by atoms with E-state index in [1.54, 1.807) is 6.07 Å². The van der Waals surface area contributed by atoms with Crippen molar-refractivity contribution in [3.8, 4) is 11.5 Å². The molecule has 0 aliphatic heterocycles. The Hall–Kier alpha value is -3.54. The minimum Gasteiger partial charge on any atom is -0.451 e. The first kappa shape index (κ1) is 16.0. The van der Waals surface area contributed by atoms with Crippen LogP contribution in [0.25, 0.3) is 22.4 Å². The van der Waals surface area contributed by atoms with E-state index >= 15 is 0 Å². The number of hydrogen-bond acceptors (Lipinski definition) is 6. The molecule has 0 saturated carbocycles. The first-order valence-corrected chi connectivity index (χ1v) is 8.11. The van der Waals surface area contributed by atoms with E-state index in [0.29, 0.717) is 5.89 Å². The molecule has 2 aromatic heterocycles. The third-order valence-electron chi connectivity index (χ3n) is 3.87. The minimum absolute atomic E-state index is 0.105. The zero-order valence-electron chi connectivity index (χ0n) is 14.0. The number of aryl methyl sites for hydroxylation is 1. The Labute approximate surface area is 149 Å². The van der Waals surface area contributed by atoms with Crippen LogP contribution in [-0.4, -0.2) is 21.2 Å². The summed E-state index contributed by atoms with van der Waals surface area (Å²) >= 11 is 0. The van der Waals surface area contributed by atoms with E-state index in [0.717, 1.165) is 22.0 Å². The Morgan fingerprint density at radius 1 is 1.04 bits per heavy atom. The summed E-state index contributed by atoms with van der Waals surface area (Å²) in [5.74, 6) is 0.0882. The summed E-state index contributed by atoms with van der Waals surface area (Å²) in [6, 6.07) is 18.8. The Bertz CT molecular complexity index is 1090. The molecule has 4 rings (SSSR count). The summed E-state index contributed by atoms with van der Waals surface area (Å²) < 4.78 is 10.8. The second-order valence-electron chi connectivity index (χ2n) is 5.84. The molecule has 0 saturated heterocycles. The van der Waals surface area contributed by atoms with E-state index in [1.807, 2.05) is 61.5 Å². The van der Waals surface area contributed by atoms with Crippen LogP contribution in [0.4, 0.5) is 0 Å². The molecule has 0 radical (unpaired) electrons. The van der Waals surface area contributed by atoms with Crippen LogP contribution in [0.15, 0.2) is 65.1 Å². The predicted molar refractivity (Wildman–Crippen MR) is 95.3 cm³/mol. The molecule has 4 aromatic rings. The molecular formula is C20H15N3O3. The third kappa shape index (κ3) is 3.30. The van der Waals surface area contributed by atoms with Crippen molar-refractivity contribution in [2.75, 3.05) is 0 Å². The minimum atomic E-state index is -0.536. The van der Waals surface area contributed by atoms with Gasteiger partial charge in [-0.25, -0.2) is 9.78 Å². The first-order chi connectivity index (χ1) is 12.7. The maximum atomic E-state index is 12.2. The maximum absolute atomic E-state index is 12.2. The second kappa shape index (κ2) is 6.76. The van der Waals surface area contributed by atoms with E-state index in [-0.39, 0.29) is 18.2 Å². The number of nitrogens with zero attached hydrogens (tertiary/aromatic N) is 3. The molecule has 0 amide bonds. The maximum Gasteiger partial charge on any atom is 0.357 e. The number of ether oxygens (including phenoxy) is 1. The molecule has 0 unspecified atom stereocenters. The van der Waals surface area contributed by atoms with Gasteiger partial charge in [-0.15, -0.1) is 10.2 Å². The van der Waals surface area contributed by atoms with E-state index in [9.17, 15) is 4.79 Å². The number of para-hydroxylation sites is 1. The highest BCUT2D eigenvalue weighted by Gasteiger charge is 2.14. The van der Waals surface area contributed by atoms with Gasteiger partial charge in [0.1, 0.15) is 5.69 Å². The highest BCUT2D eigenvalue weighted by molar-refractivity contribution is 5.90. The van der Waals surface area contributed by atoms with Gasteiger partial charge in [-0.1, -0.05) is 42.0 Å². The van der Waals surface area contributed by atoms with Crippen LogP contribution in [0.1, 0.15) is 21.9 Å². The number of rotatable bonds is 4. The summed E-state index contributed by atoms with van der Waals surface area (Å²) in [4.78, 5) is 16.5. The monoisotopic (exact) mass is 345 g/mol. The number of benzene rings is 2. The number of fused-ring (bicyclic) bond motifs is 1.